The number of hydrogen-bond acceptors (Lipinski definition) is 29. The van der Waals surface area contributed by atoms with Gasteiger partial charge in [0.25, 0.3) is 0 Å². The normalized spacial score (nSPS) is 10.5. The number of hydrogen-bond donors (Lipinski definition) is 11. The number of para-hydroxylation sites is 1. The molecule has 0 aliphatic carbocycles. The quantitative estimate of drug-likeness (QED) is 0.0158. The largest absolute Gasteiger partial charge is 0.444 e. The first-order chi connectivity index (χ1) is 71.7. The number of benzene rings is 8. The van der Waals surface area contributed by atoms with Crippen molar-refractivity contribution >= 4 is 168 Å². The van der Waals surface area contributed by atoms with Crippen LogP contribution in [0.2, 0.25) is 0 Å². The Labute approximate surface area is 869 Å². The van der Waals surface area contributed by atoms with Gasteiger partial charge in [-0.05, 0) is 182 Å². The van der Waals surface area contributed by atoms with Crippen LogP contribution in [0.3, 0.4) is 0 Å². The van der Waals surface area contributed by atoms with Crippen molar-refractivity contribution in [1.82, 2.24) is 79.9 Å². The lowest BCUT2D eigenvalue weighted by Gasteiger charge is -2.27. The predicted molar refractivity (Wildman–Crippen MR) is 595 cm³/mol. The van der Waals surface area contributed by atoms with Crippen molar-refractivity contribution in [1.29, 1.82) is 0 Å². The van der Waals surface area contributed by atoms with Crippen molar-refractivity contribution < 1.29 is 43.1 Å². The molecular formula is C108H130N32O9. The molecule has 0 saturated carbocycles. The van der Waals surface area contributed by atoms with Gasteiger partial charge in [0.15, 0.2) is 0 Å². The average Bonchev–Trinajstić information content (AvgIpc) is 1.45. The Hall–Kier alpha value is -18.3. The molecule has 11 amide bonds. The lowest BCUT2D eigenvalue weighted by Crippen LogP contribution is -2.37. The summed E-state index contributed by atoms with van der Waals surface area (Å²) < 4.78 is 7.46. The summed E-state index contributed by atoms with van der Waals surface area (Å²) in [5, 5.41) is 36.9. The van der Waals surface area contributed by atoms with Gasteiger partial charge in [0.05, 0.1) is 63.9 Å². The molecule has 13 rings (SSSR count). The number of anilines is 21. The molecule has 5 heterocycles. The zero-order valence-electron chi connectivity index (χ0n) is 86.3. The Bertz CT molecular complexity index is 6620. The maximum atomic E-state index is 13.5. The third-order valence-corrected chi connectivity index (χ3v) is 22.0. The maximum Gasteiger partial charge on any atom is 0.420 e. The molecule has 41 heteroatoms. The molecule has 5 aromatic heterocycles. The van der Waals surface area contributed by atoms with Gasteiger partial charge in [0.2, 0.25) is 29.6 Å². The van der Waals surface area contributed by atoms with E-state index in [-0.39, 0.29) is 60.1 Å². The highest BCUT2D eigenvalue weighted by Gasteiger charge is 2.27. The van der Waals surface area contributed by atoms with Gasteiger partial charge >= 0.3 is 24.2 Å². The number of urea groups is 3. The van der Waals surface area contributed by atoms with Crippen molar-refractivity contribution in [2.24, 2.45) is 0 Å². The van der Waals surface area contributed by atoms with Crippen molar-refractivity contribution in [3.63, 3.8) is 0 Å². The summed E-state index contributed by atoms with van der Waals surface area (Å²) in [6, 6.07) is 67.1. The fourth-order valence-electron chi connectivity index (χ4n) is 13.8. The summed E-state index contributed by atoms with van der Waals surface area (Å²) >= 11 is 0. The van der Waals surface area contributed by atoms with Crippen molar-refractivity contribution in [2.45, 2.75) is 26.2 Å². The smallest absolute Gasteiger partial charge is 0.420 e. The summed E-state index contributed by atoms with van der Waals surface area (Å²) in [5.74, 6) is 2.02. The molecule has 8 aromatic carbocycles. The lowest BCUT2D eigenvalue weighted by molar-refractivity contribution is -0.112. The number of likely N-dealkylation sites (N-methyl/N-ethyl adjacent to an activating group) is 7. The van der Waals surface area contributed by atoms with Crippen LogP contribution >= 0.6 is 0 Å². The third kappa shape index (κ3) is 36.5. The summed E-state index contributed by atoms with van der Waals surface area (Å²) in [5.41, 5.74) is 11.5. The van der Waals surface area contributed by atoms with E-state index >= 15 is 0 Å². The number of ether oxygens (including phenoxy) is 1. The molecule has 11 N–H and O–H groups in total. The number of carbonyl (C=O) groups excluding carboxylic acids is 8. The second-order valence-corrected chi connectivity index (χ2v) is 34.5. The minimum absolute atomic E-state index is 0.0748. The van der Waals surface area contributed by atoms with Gasteiger partial charge in [-0.15, -0.1) is 0 Å². The number of nitrogens with one attached hydrogen (secondary N) is 11. The molecule has 0 spiro atoms. The SMILES string of the molecule is C=CC(=O)Nc1cc(N(C(=O)NCc2ccccc2)c2cc(NC)ncn2)ccc1N(C)CCN(C)C.C=CC(=O)Nc1cc(Nc2cc(N(C)C(=O)NCc3ccccc3)ncn2)ccc1N(C)CCN(C)C.C=CC(=O)Nc1cc(Nc2cc(N(C)C(=O)Nc3ccccc3)ncn2)ccc1N(C)CCN(C)C.C=CC(=O)Nc1cccc(N(C(=O)OCc2ccccc2)c2ccnc(Nc3cnn(CCN(C)C)c3)n2)c1. The highest BCUT2D eigenvalue weighted by Crippen LogP contribution is 2.37. The summed E-state index contributed by atoms with van der Waals surface area (Å²) in [7, 11) is 27.0. The summed E-state index contributed by atoms with van der Waals surface area (Å²) in [6.07, 6.45) is 13.5. The second-order valence-electron chi connectivity index (χ2n) is 34.5. The van der Waals surface area contributed by atoms with Crippen molar-refractivity contribution in [3.8, 4) is 0 Å². The lowest BCUT2D eigenvalue weighted by atomic mass is 10.2. The molecule has 41 nitrogen and oxygen atoms in total. The van der Waals surface area contributed by atoms with Gasteiger partial charge in [-0.2, -0.15) is 10.1 Å². The zero-order chi connectivity index (χ0) is 107. The first-order valence-corrected chi connectivity index (χ1v) is 47.3. The van der Waals surface area contributed by atoms with Crippen LogP contribution in [-0.2, 0) is 50.2 Å². The molecule has 0 bridgehead atoms. The van der Waals surface area contributed by atoms with E-state index in [4.69, 9.17) is 4.74 Å². The van der Waals surface area contributed by atoms with Gasteiger partial charge in [-0.3, -0.25) is 33.7 Å². The van der Waals surface area contributed by atoms with E-state index in [1.165, 1.54) is 62.9 Å². The van der Waals surface area contributed by atoms with Crippen molar-refractivity contribution in [2.75, 3.05) is 227 Å². The van der Waals surface area contributed by atoms with Crippen LogP contribution < -0.4 is 92.8 Å². The molecular weight excluding hydrogens is 1890 g/mol. The maximum absolute atomic E-state index is 13.5. The Balaban J connectivity index is 0.000000203. The number of aromatic nitrogens is 10. The number of rotatable bonds is 43. The van der Waals surface area contributed by atoms with Gasteiger partial charge in [-0.1, -0.05) is 142 Å². The predicted octanol–water partition coefficient (Wildman–Crippen LogP) is 16.0. The molecule has 13 aromatic rings. The fraction of sp³-hybridized carbons (Fsp3) is 0.231. The molecule has 776 valence electrons. The van der Waals surface area contributed by atoms with Crippen LogP contribution in [0.25, 0.3) is 0 Å². The van der Waals surface area contributed by atoms with Crippen LogP contribution in [0.5, 0.6) is 0 Å². The van der Waals surface area contributed by atoms with Gasteiger partial charge < -0.3 is 97.5 Å². The van der Waals surface area contributed by atoms with Crippen LogP contribution in [0.4, 0.5) is 140 Å². The fourth-order valence-corrected chi connectivity index (χ4v) is 13.8. The standard InChI is InChI=1S/C28H30N8O3.2C27H34N8O2.C26H32N8O2/c1-4-26(37)31-22-11-8-12-24(17-22)36(28(38)39-20-21-9-6-5-7-10-21)25-13-14-29-27(33-25)32-23-18-30-35(19-23)16-15-34(2)3;1-6-26(36)32-22-16-21(12-13-23(22)34(4)15-14-33(2)3)31-24-17-25(30-19-29-24)35(5)27(37)28-18-20-10-8-7-9-11-20;1-6-26(36)32-22-16-21(12-13-23(22)34(5)15-14-33(3)4)35(25-17-24(28-2)30-19-31-25)27(37)29-18-20-10-8-7-9-11-20;1-6-25(35)31-21-16-20(12-13-22(21)33(4)15-14-32(2)3)29-23-17-24(28-18-27-23)34(5)26(36)30-19-10-8-7-9-11-19/h4-14,17-19H,1,15-16,20H2,2-3H3,(H,31,37)(H,29,32,33);6-13,16-17,19H,1,14-15,18H2,2-5H3,(H,28,37)(H,32,36)(H,29,30,31);6-13,16-17,19H,1,14-15,18H2,2-5H3,(H,29,37)(H,32,36)(H,28,30,31);6-13,16-18H,1,14-15H2,2-5H3,(H,30,36)(H,31,35)(H,27,28,29). The third-order valence-electron chi connectivity index (χ3n) is 22.0. The van der Waals surface area contributed by atoms with E-state index in [9.17, 15) is 38.4 Å². The van der Waals surface area contributed by atoms with Gasteiger partial charge in [0, 0.05) is 161 Å². The van der Waals surface area contributed by atoms with Crippen LogP contribution in [0.15, 0.2) is 313 Å². The molecule has 0 fully saturated rings. The van der Waals surface area contributed by atoms with Crippen LogP contribution in [0, 0.1) is 0 Å². The Morgan fingerprint density at radius 3 is 1.28 bits per heavy atom. The molecule has 0 aliphatic heterocycles. The zero-order valence-corrected chi connectivity index (χ0v) is 86.3. The second kappa shape index (κ2) is 57.8. The molecule has 149 heavy (non-hydrogen) atoms. The van der Waals surface area contributed by atoms with E-state index in [0.29, 0.717) is 105 Å². The first-order valence-electron chi connectivity index (χ1n) is 47.3. The minimum atomic E-state index is -0.646. The number of amides is 11. The van der Waals surface area contributed by atoms with E-state index in [1.54, 1.807) is 88.1 Å². The highest BCUT2D eigenvalue weighted by atomic mass is 16.6. The Morgan fingerprint density at radius 2 is 0.785 bits per heavy atom. The Morgan fingerprint density at radius 1 is 0.356 bits per heavy atom. The molecule has 0 atom stereocenters. The van der Waals surface area contributed by atoms with Crippen LogP contribution in [-0.4, -0.2) is 262 Å². The van der Waals surface area contributed by atoms with Gasteiger partial charge in [-0.25, -0.2) is 63.9 Å². The number of carbonyl (C=O) groups is 8. The molecule has 0 radical (unpaired) electrons. The Kier molecular flexibility index (Phi) is 43.7. The van der Waals surface area contributed by atoms with E-state index in [2.05, 4.69) is 159 Å². The average molecular weight is 2020 g/mol. The highest BCUT2D eigenvalue weighted by molar-refractivity contribution is 6.06. The number of nitrogens with zero attached hydrogens (tertiary/aromatic N) is 21. The monoisotopic (exact) mass is 2020 g/mol. The first kappa shape index (κ1) is 113. The van der Waals surface area contributed by atoms with E-state index in [0.717, 1.165) is 86.1 Å². The molecule has 0 aliphatic rings. The van der Waals surface area contributed by atoms with Gasteiger partial charge in [0.1, 0.15) is 66.3 Å². The van der Waals surface area contributed by atoms with E-state index in [1.807, 2.05) is 263 Å². The van der Waals surface area contributed by atoms with E-state index < -0.39 is 6.09 Å². The van der Waals surface area contributed by atoms with Crippen molar-refractivity contribution in [3.05, 3.63) is 329 Å². The van der Waals surface area contributed by atoms with Crippen LogP contribution in [0.1, 0.15) is 16.7 Å². The molecule has 0 saturated heterocycles. The minimum Gasteiger partial charge on any atom is -0.444 e. The summed E-state index contributed by atoms with van der Waals surface area (Å²) in [4.78, 5) is 155. The molecule has 0 unspecified atom stereocenters. The summed E-state index contributed by atoms with van der Waals surface area (Å²) in [6.45, 7) is 21.4. The topological polar surface area (TPSA) is 435 Å².